The van der Waals surface area contributed by atoms with Gasteiger partial charge in [0.15, 0.2) is 0 Å². The number of carbonyl (C=O) groups excluding carboxylic acids is 2. The van der Waals surface area contributed by atoms with Crippen molar-refractivity contribution in [2.45, 2.75) is 77.9 Å². The minimum atomic E-state index is -1.74. The van der Waals surface area contributed by atoms with Gasteiger partial charge in [-0.15, -0.1) is 12.3 Å². The summed E-state index contributed by atoms with van der Waals surface area (Å²) in [4.78, 5) is 24.3. The molecule has 7 heteroatoms. The summed E-state index contributed by atoms with van der Waals surface area (Å²) in [6.45, 7) is 9.39. The number of allylic oxidation sites excluding steroid dienone is 4. The molecule has 6 nitrogen and oxygen atoms in total. The SMILES string of the molecule is C#CC/C(C)=C\C/C=C\CC.COc1ccc(F)cc1C(C)(C)CC(C)(O)C(=O)Nc1ccc2c(c1)COC2=O. The highest BCUT2D eigenvalue weighted by Crippen LogP contribution is 2.38. The Labute approximate surface area is 237 Å². The highest BCUT2D eigenvalue weighted by atomic mass is 19.1. The van der Waals surface area contributed by atoms with Crippen LogP contribution in [0.15, 0.2) is 60.2 Å². The first-order valence-electron chi connectivity index (χ1n) is 13.3. The molecular formula is C33H40FNO5. The molecule has 0 bridgehead atoms. The fraction of sp³-hybridized carbons (Fsp3) is 0.394. The molecule has 0 fully saturated rings. The monoisotopic (exact) mass is 549 g/mol. The largest absolute Gasteiger partial charge is 0.496 e. The third-order valence-electron chi connectivity index (χ3n) is 6.49. The van der Waals surface area contributed by atoms with E-state index in [0.717, 1.165) is 19.3 Å². The molecule has 1 aliphatic rings. The van der Waals surface area contributed by atoms with Crippen LogP contribution in [0.4, 0.5) is 10.1 Å². The van der Waals surface area contributed by atoms with E-state index >= 15 is 0 Å². The van der Waals surface area contributed by atoms with Gasteiger partial charge in [-0.2, -0.15) is 0 Å². The Kier molecular flexibility index (Phi) is 11.7. The molecule has 0 aromatic heterocycles. The molecule has 40 heavy (non-hydrogen) atoms. The summed E-state index contributed by atoms with van der Waals surface area (Å²) in [5.74, 6) is 1.68. The molecule has 1 aliphatic heterocycles. The van der Waals surface area contributed by atoms with E-state index in [2.05, 4.69) is 43.3 Å². The van der Waals surface area contributed by atoms with E-state index in [9.17, 15) is 19.1 Å². The van der Waals surface area contributed by atoms with Crippen molar-refractivity contribution in [2.24, 2.45) is 0 Å². The number of carbonyl (C=O) groups is 2. The zero-order valence-electron chi connectivity index (χ0n) is 24.3. The van der Waals surface area contributed by atoms with Crippen LogP contribution >= 0.6 is 0 Å². The van der Waals surface area contributed by atoms with Gasteiger partial charge in [-0.3, -0.25) is 4.79 Å². The maximum Gasteiger partial charge on any atom is 0.338 e. The van der Waals surface area contributed by atoms with E-state index in [1.807, 2.05) is 13.8 Å². The van der Waals surface area contributed by atoms with Crippen molar-refractivity contribution in [1.29, 1.82) is 0 Å². The van der Waals surface area contributed by atoms with Crippen molar-refractivity contribution in [3.05, 3.63) is 82.7 Å². The van der Waals surface area contributed by atoms with Crippen molar-refractivity contribution in [3.63, 3.8) is 0 Å². The van der Waals surface area contributed by atoms with Gasteiger partial charge in [-0.1, -0.05) is 44.6 Å². The van der Waals surface area contributed by atoms with Gasteiger partial charge in [0, 0.05) is 23.2 Å². The van der Waals surface area contributed by atoms with Crippen LogP contribution in [0.25, 0.3) is 0 Å². The van der Waals surface area contributed by atoms with Crippen molar-refractivity contribution in [1.82, 2.24) is 0 Å². The molecule has 0 saturated heterocycles. The number of aliphatic hydroxyl groups is 1. The van der Waals surface area contributed by atoms with Crippen LogP contribution in [0.1, 0.15) is 81.8 Å². The summed E-state index contributed by atoms with van der Waals surface area (Å²) in [5.41, 5.74) is 0.938. The lowest BCUT2D eigenvalue weighted by Crippen LogP contribution is -2.44. The Hall–Kier alpha value is -3.89. The van der Waals surface area contributed by atoms with Gasteiger partial charge >= 0.3 is 5.97 Å². The Balaban J connectivity index is 0.000000432. The quantitative estimate of drug-likeness (QED) is 0.192. The number of fused-ring (bicyclic) bond motifs is 1. The first-order chi connectivity index (χ1) is 18.8. The zero-order valence-corrected chi connectivity index (χ0v) is 24.3. The van der Waals surface area contributed by atoms with Crippen LogP contribution in [0.3, 0.4) is 0 Å². The average Bonchev–Trinajstić information content (AvgIpc) is 3.26. The van der Waals surface area contributed by atoms with Gasteiger partial charge in [-0.05, 0) is 74.9 Å². The number of terminal acetylenes is 1. The summed E-state index contributed by atoms with van der Waals surface area (Å²) in [5, 5.41) is 13.6. The Morgan fingerprint density at radius 3 is 2.60 bits per heavy atom. The number of nitrogens with one attached hydrogen (secondary N) is 1. The third-order valence-corrected chi connectivity index (χ3v) is 6.49. The number of cyclic esters (lactones) is 1. The first-order valence-corrected chi connectivity index (χ1v) is 13.3. The van der Waals surface area contributed by atoms with Gasteiger partial charge in [0.05, 0.1) is 12.7 Å². The van der Waals surface area contributed by atoms with Crippen LogP contribution < -0.4 is 10.1 Å². The molecule has 2 N–H and O–H groups in total. The molecule has 214 valence electrons. The number of hydrogen-bond acceptors (Lipinski definition) is 5. The first kappa shape index (κ1) is 32.3. The molecule has 2 aromatic carbocycles. The van der Waals surface area contributed by atoms with Gasteiger partial charge < -0.3 is 19.9 Å². The third kappa shape index (κ3) is 9.10. The van der Waals surface area contributed by atoms with E-state index in [0.29, 0.717) is 28.1 Å². The lowest BCUT2D eigenvalue weighted by Gasteiger charge is -2.34. The highest BCUT2D eigenvalue weighted by Gasteiger charge is 2.39. The van der Waals surface area contributed by atoms with Crippen LogP contribution in [0.2, 0.25) is 0 Å². The number of esters is 1. The molecule has 3 rings (SSSR count). The fourth-order valence-corrected chi connectivity index (χ4v) is 4.49. The molecule has 1 unspecified atom stereocenters. The molecule has 0 radical (unpaired) electrons. The lowest BCUT2D eigenvalue weighted by atomic mass is 9.75. The zero-order chi connectivity index (χ0) is 29.9. The van der Waals surface area contributed by atoms with Gasteiger partial charge in [0.1, 0.15) is 23.8 Å². The number of methoxy groups -OCH3 is 1. The topological polar surface area (TPSA) is 84.9 Å². The van der Waals surface area contributed by atoms with Crippen LogP contribution in [0, 0.1) is 18.2 Å². The molecular weight excluding hydrogens is 509 g/mol. The number of amides is 1. The number of hydrogen-bond donors (Lipinski definition) is 2. The van der Waals surface area contributed by atoms with Crippen LogP contribution in [-0.2, 0) is 21.6 Å². The summed E-state index contributed by atoms with van der Waals surface area (Å²) < 4.78 is 24.1. The Morgan fingerprint density at radius 1 is 1.23 bits per heavy atom. The number of halogens is 1. The predicted octanol–water partition coefficient (Wildman–Crippen LogP) is 6.87. The Morgan fingerprint density at radius 2 is 1.95 bits per heavy atom. The second kappa shape index (κ2) is 14.5. The summed E-state index contributed by atoms with van der Waals surface area (Å²) in [6.07, 6.45) is 14.6. The van der Waals surface area contributed by atoms with Gasteiger partial charge in [0.25, 0.3) is 5.91 Å². The second-order valence-corrected chi connectivity index (χ2v) is 10.6. The van der Waals surface area contributed by atoms with E-state index in [1.54, 1.807) is 18.2 Å². The summed E-state index contributed by atoms with van der Waals surface area (Å²) in [6, 6.07) is 8.98. The maximum absolute atomic E-state index is 13.8. The highest BCUT2D eigenvalue weighted by molar-refractivity contribution is 5.98. The van der Waals surface area contributed by atoms with E-state index in [-0.39, 0.29) is 13.0 Å². The van der Waals surface area contributed by atoms with Crippen molar-refractivity contribution >= 4 is 17.6 Å². The van der Waals surface area contributed by atoms with E-state index < -0.39 is 28.7 Å². The van der Waals surface area contributed by atoms with Crippen LogP contribution in [0.5, 0.6) is 5.75 Å². The molecule has 0 spiro atoms. The fourth-order valence-electron chi connectivity index (χ4n) is 4.49. The smallest absolute Gasteiger partial charge is 0.338 e. The molecule has 0 aliphatic carbocycles. The number of ether oxygens (including phenoxy) is 2. The van der Waals surface area contributed by atoms with Crippen LogP contribution in [-0.4, -0.2) is 29.7 Å². The lowest BCUT2D eigenvalue weighted by molar-refractivity contribution is -0.134. The van der Waals surface area contributed by atoms with Gasteiger partial charge in [-0.25, -0.2) is 9.18 Å². The molecule has 0 saturated carbocycles. The molecule has 1 atom stereocenters. The van der Waals surface area contributed by atoms with Crippen molar-refractivity contribution < 1.29 is 28.6 Å². The minimum absolute atomic E-state index is 0.0260. The van der Waals surface area contributed by atoms with Crippen molar-refractivity contribution in [3.8, 4) is 18.1 Å². The second-order valence-electron chi connectivity index (χ2n) is 10.6. The van der Waals surface area contributed by atoms with Gasteiger partial charge in [0.2, 0.25) is 0 Å². The number of rotatable bonds is 10. The van der Waals surface area contributed by atoms with E-state index in [1.165, 1.54) is 37.8 Å². The predicted molar refractivity (Wildman–Crippen MR) is 157 cm³/mol. The molecule has 1 heterocycles. The molecule has 2 aromatic rings. The Bertz CT molecular complexity index is 1300. The average molecular weight is 550 g/mol. The number of benzene rings is 2. The standard InChI is InChI=1S/C22H24FNO5.C11H16/c1-21(2,17-10-14(23)5-8-18(17)28-4)12-22(3,27)20(26)24-15-6-7-16-13(9-15)11-29-19(16)25;1-4-6-7-8-10-11(3)9-5-2/h5-10,27H,11-12H2,1-4H3,(H,24,26);2,6-7,10H,4,8-9H2,1,3H3/b;7-6-,11-10-. The maximum atomic E-state index is 13.8. The normalized spacial score (nSPS) is 14.4. The summed E-state index contributed by atoms with van der Waals surface area (Å²) in [7, 11) is 1.49. The number of anilines is 1. The van der Waals surface area contributed by atoms with E-state index in [4.69, 9.17) is 15.9 Å². The van der Waals surface area contributed by atoms with Crippen molar-refractivity contribution in [2.75, 3.05) is 12.4 Å². The minimum Gasteiger partial charge on any atom is -0.496 e. The summed E-state index contributed by atoms with van der Waals surface area (Å²) >= 11 is 0. The molecule has 1 amide bonds.